The zero-order chi connectivity index (χ0) is 18.6. The van der Waals surface area contributed by atoms with Crippen LogP contribution in [0.4, 0.5) is 4.39 Å². The lowest BCUT2D eigenvalue weighted by Gasteiger charge is -2.23. The summed E-state index contributed by atoms with van der Waals surface area (Å²) in [4.78, 5) is 6.30. The highest BCUT2D eigenvalue weighted by Crippen LogP contribution is 2.39. The molecule has 0 spiro atoms. The lowest BCUT2D eigenvalue weighted by molar-refractivity contribution is 0.369. The number of methoxy groups -OCH3 is 1. The van der Waals surface area contributed by atoms with Crippen molar-refractivity contribution in [1.29, 1.82) is 0 Å². The zero-order valence-electron chi connectivity index (χ0n) is 14.8. The highest BCUT2D eigenvalue weighted by Gasteiger charge is 2.21. The van der Waals surface area contributed by atoms with Crippen LogP contribution >= 0.6 is 11.8 Å². The standard InChI is InChI=1S/C22H18FN2OS/c1-26-22-20(23)11-17(12-24-22)18-9-5-6-10-19(18)21-14-27-15-25(21)13-16-7-3-2-4-8-16/h2-12,14-15H,13H2,1H3. The Hall–Kier alpha value is -2.79. The molecule has 3 aromatic rings. The predicted octanol–water partition coefficient (Wildman–Crippen LogP) is 5.56. The minimum absolute atomic E-state index is 0.00547. The van der Waals surface area contributed by atoms with Crippen LogP contribution in [-0.2, 0) is 6.54 Å². The summed E-state index contributed by atoms with van der Waals surface area (Å²) in [5, 5.41) is 2.12. The van der Waals surface area contributed by atoms with Crippen LogP contribution in [0.2, 0.25) is 0 Å². The molecule has 3 nitrogen and oxygen atoms in total. The van der Waals surface area contributed by atoms with Crippen molar-refractivity contribution in [2.75, 3.05) is 7.11 Å². The Labute approximate surface area is 162 Å². The third-order valence-corrected chi connectivity index (χ3v) is 5.12. The second-order valence-corrected chi connectivity index (χ2v) is 6.84. The third-order valence-electron chi connectivity index (χ3n) is 4.39. The van der Waals surface area contributed by atoms with Crippen LogP contribution in [0.5, 0.6) is 5.88 Å². The molecule has 0 unspecified atom stereocenters. The van der Waals surface area contributed by atoms with E-state index < -0.39 is 5.82 Å². The number of hydrogen-bond donors (Lipinski definition) is 0. The van der Waals surface area contributed by atoms with E-state index in [0.29, 0.717) is 0 Å². The van der Waals surface area contributed by atoms with Gasteiger partial charge in [-0.15, -0.1) is 11.8 Å². The second kappa shape index (κ2) is 7.84. The normalized spacial score (nSPS) is 13.6. The molecule has 0 amide bonds. The van der Waals surface area contributed by atoms with Gasteiger partial charge in [-0.2, -0.15) is 0 Å². The molecule has 0 saturated carbocycles. The van der Waals surface area contributed by atoms with Crippen molar-refractivity contribution in [3.05, 3.63) is 95.1 Å². The number of nitrogens with zero attached hydrogens (tertiary/aromatic N) is 2. The Morgan fingerprint density at radius 3 is 2.52 bits per heavy atom. The molecule has 1 radical (unpaired) electrons. The summed E-state index contributed by atoms with van der Waals surface area (Å²) in [6.45, 7) is 0.781. The van der Waals surface area contributed by atoms with E-state index in [2.05, 4.69) is 39.4 Å². The van der Waals surface area contributed by atoms with Crippen LogP contribution in [0.25, 0.3) is 16.8 Å². The number of rotatable bonds is 5. The SMILES string of the molecule is COc1ncc(-c2ccccc2C2=CS[CH]N2Cc2ccccc2)cc1F. The van der Waals surface area contributed by atoms with Crippen molar-refractivity contribution in [2.45, 2.75) is 6.54 Å². The molecular weight excluding hydrogens is 359 g/mol. The number of halogens is 1. The van der Waals surface area contributed by atoms with Gasteiger partial charge < -0.3 is 9.64 Å². The lowest BCUT2D eigenvalue weighted by Crippen LogP contribution is -2.14. The number of hydrogen-bond acceptors (Lipinski definition) is 4. The van der Waals surface area contributed by atoms with E-state index in [1.165, 1.54) is 18.7 Å². The quantitative estimate of drug-likeness (QED) is 0.581. The number of thioether (sulfide) groups is 1. The first-order chi connectivity index (χ1) is 13.3. The molecule has 4 rings (SSSR count). The Bertz CT molecular complexity index is 975. The highest BCUT2D eigenvalue weighted by molar-refractivity contribution is 8.04. The molecule has 5 heteroatoms. The first-order valence-electron chi connectivity index (χ1n) is 8.55. The van der Waals surface area contributed by atoms with E-state index in [-0.39, 0.29) is 5.88 Å². The zero-order valence-corrected chi connectivity index (χ0v) is 15.6. The first-order valence-corrected chi connectivity index (χ1v) is 9.49. The molecular formula is C22H18FN2OS. The summed E-state index contributed by atoms with van der Waals surface area (Å²) in [7, 11) is 1.41. The van der Waals surface area contributed by atoms with E-state index in [0.717, 1.165) is 28.9 Å². The van der Waals surface area contributed by atoms with Crippen LogP contribution in [0, 0.1) is 11.7 Å². The fourth-order valence-electron chi connectivity index (χ4n) is 3.09. The van der Waals surface area contributed by atoms with Crippen LogP contribution in [0.15, 0.2) is 72.3 Å². The summed E-state index contributed by atoms with van der Waals surface area (Å²) in [5.41, 5.74) is 5.03. The highest BCUT2D eigenvalue weighted by atomic mass is 32.2. The number of ether oxygens (including phenoxy) is 1. The number of benzene rings is 2. The topological polar surface area (TPSA) is 25.4 Å². The van der Waals surface area contributed by atoms with E-state index in [1.807, 2.05) is 36.4 Å². The lowest BCUT2D eigenvalue weighted by atomic mass is 9.98. The van der Waals surface area contributed by atoms with Crippen LogP contribution < -0.4 is 4.74 Å². The van der Waals surface area contributed by atoms with E-state index in [9.17, 15) is 4.39 Å². The summed E-state index contributed by atoms with van der Waals surface area (Å²) < 4.78 is 19.1. The molecule has 0 fully saturated rings. The Morgan fingerprint density at radius 1 is 1.04 bits per heavy atom. The van der Waals surface area contributed by atoms with Gasteiger partial charge >= 0.3 is 0 Å². The molecule has 1 aliphatic heterocycles. The summed E-state index contributed by atoms with van der Waals surface area (Å²) in [5.74, 6) is 1.64. The molecule has 0 bridgehead atoms. The minimum atomic E-state index is -0.465. The molecule has 2 aromatic carbocycles. The van der Waals surface area contributed by atoms with E-state index in [4.69, 9.17) is 4.74 Å². The molecule has 0 aliphatic carbocycles. The van der Waals surface area contributed by atoms with Gasteiger partial charge in [0.2, 0.25) is 5.88 Å². The molecule has 2 heterocycles. The summed E-state index contributed by atoms with van der Waals surface area (Å²) >= 11 is 1.65. The first kappa shape index (κ1) is 17.6. The van der Waals surface area contributed by atoms with Gasteiger partial charge in [0, 0.05) is 23.9 Å². The van der Waals surface area contributed by atoms with E-state index >= 15 is 0 Å². The largest absolute Gasteiger partial charge is 0.479 e. The van der Waals surface area contributed by atoms with Crippen molar-refractivity contribution in [1.82, 2.24) is 9.88 Å². The van der Waals surface area contributed by atoms with Crippen molar-refractivity contribution in [3.8, 4) is 17.0 Å². The maximum atomic E-state index is 14.2. The maximum Gasteiger partial charge on any atom is 0.250 e. The predicted molar refractivity (Wildman–Crippen MR) is 108 cm³/mol. The Balaban J connectivity index is 1.69. The van der Waals surface area contributed by atoms with Crippen LogP contribution in [-0.4, -0.2) is 17.0 Å². The summed E-state index contributed by atoms with van der Waals surface area (Å²) in [6.07, 6.45) is 1.65. The van der Waals surface area contributed by atoms with Gasteiger partial charge in [0.25, 0.3) is 0 Å². The monoisotopic (exact) mass is 377 g/mol. The van der Waals surface area contributed by atoms with Crippen LogP contribution in [0.1, 0.15) is 11.1 Å². The van der Waals surface area contributed by atoms with Gasteiger partial charge in [0.1, 0.15) is 5.88 Å². The molecule has 1 aliphatic rings. The van der Waals surface area contributed by atoms with E-state index in [1.54, 1.807) is 18.0 Å². The fourth-order valence-corrected chi connectivity index (χ4v) is 3.88. The Morgan fingerprint density at radius 2 is 1.78 bits per heavy atom. The van der Waals surface area contributed by atoms with Crippen molar-refractivity contribution in [2.24, 2.45) is 0 Å². The summed E-state index contributed by atoms with van der Waals surface area (Å²) in [6, 6.07) is 19.8. The fraction of sp³-hybridized carbons (Fsp3) is 0.0909. The molecule has 0 atom stereocenters. The van der Waals surface area contributed by atoms with Crippen molar-refractivity contribution in [3.63, 3.8) is 0 Å². The van der Waals surface area contributed by atoms with Gasteiger partial charge in [-0.1, -0.05) is 54.6 Å². The van der Waals surface area contributed by atoms with Gasteiger partial charge in [0.15, 0.2) is 5.82 Å². The smallest absolute Gasteiger partial charge is 0.250 e. The molecule has 1 aromatic heterocycles. The number of pyridine rings is 1. The average Bonchev–Trinajstić information content (AvgIpc) is 3.16. The average molecular weight is 377 g/mol. The third kappa shape index (κ3) is 3.69. The van der Waals surface area contributed by atoms with Gasteiger partial charge in [-0.25, -0.2) is 9.37 Å². The van der Waals surface area contributed by atoms with Gasteiger partial charge in [-0.05, 0) is 22.6 Å². The van der Waals surface area contributed by atoms with Crippen molar-refractivity contribution >= 4 is 17.5 Å². The van der Waals surface area contributed by atoms with Crippen LogP contribution in [0.3, 0.4) is 0 Å². The molecule has 0 saturated heterocycles. The van der Waals surface area contributed by atoms with Gasteiger partial charge in [-0.3, -0.25) is 0 Å². The minimum Gasteiger partial charge on any atom is -0.479 e. The number of aromatic nitrogens is 1. The molecule has 0 N–H and O–H groups in total. The second-order valence-electron chi connectivity index (χ2n) is 6.12. The van der Waals surface area contributed by atoms with Gasteiger partial charge in [0.05, 0.1) is 12.8 Å². The van der Waals surface area contributed by atoms with Crippen molar-refractivity contribution < 1.29 is 9.13 Å². The maximum absolute atomic E-state index is 14.2. The molecule has 135 valence electrons. The molecule has 27 heavy (non-hydrogen) atoms. The Kier molecular flexibility index (Phi) is 5.12.